The second-order valence-corrected chi connectivity index (χ2v) is 4.46. The number of fused-ring (bicyclic) bond motifs is 1. The van der Waals surface area contributed by atoms with E-state index in [0.717, 1.165) is 25.3 Å². The molecule has 1 unspecified atom stereocenters. The Morgan fingerprint density at radius 2 is 2.12 bits per heavy atom. The summed E-state index contributed by atoms with van der Waals surface area (Å²) >= 11 is 0. The second kappa shape index (κ2) is 3.49. The van der Waals surface area contributed by atoms with Crippen molar-refractivity contribution in [3.05, 3.63) is 29.3 Å². The van der Waals surface area contributed by atoms with Crippen LogP contribution in [0.3, 0.4) is 0 Å². The molecule has 0 saturated carbocycles. The number of hydrogen-bond donors (Lipinski definition) is 2. The fourth-order valence-electron chi connectivity index (χ4n) is 2.41. The number of urea groups is 1. The highest BCUT2D eigenvalue weighted by atomic mass is 16.2. The zero-order valence-electron chi connectivity index (χ0n) is 9.29. The minimum absolute atomic E-state index is 0.0124. The molecule has 4 nitrogen and oxygen atoms in total. The van der Waals surface area contributed by atoms with Crippen LogP contribution in [0.1, 0.15) is 18.1 Å². The summed E-state index contributed by atoms with van der Waals surface area (Å²) in [6, 6.07) is 6.52. The van der Waals surface area contributed by atoms with Crippen molar-refractivity contribution < 1.29 is 4.79 Å². The molecule has 0 aromatic heterocycles. The molecule has 1 aromatic carbocycles. The zero-order valence-corrected chi connectivity index (χ0v) is 9.29. The van der Waals surface area contributed by atoms with Crippen LogP contribution in [0.2, 0.25) is 0 Å². The molecule has 1 saturated heterocycles. The normalized spacial score (nSPS) is 23.4. The molecule has 2 heterocycles. The number of carbonyl (C=O) groups is 1. The van der Waals surface area contributed by atoms with Crippen molar-refractivity contribution in [2.24, 2.45) is 0 Å². The molecule has 4 heteroatoms. The summed E-state index contributed by atoms with van der Waals surface area (Å²) in [4.78, 5) is 13.5. The molecule has 1 fully saturated rings. The Morgan fingerprint density at radius 1 is 1.31 bits per heavy atom. The van der Waals surface area contributed by atoms with Crippen molar-refractivity contribution in [2.75, 3.05) is 11.4 Å². The van der Waals surface area contributed by atoms with Gasteiger partial charge in [-0.1, -0.05) is 6.07 Å². The molecular weight excluding hydrogens is 202 g/mol. The minimum atomic E-state index is 0.0124. The molecule has 2 aliphatic rings. The van der Waals surface area contributed by atoms with Gasteiger partial charge >= 0.3 is 6.03 Å². The summed E-state index contributed by atoms with van der Waals surface area (Å²) in [6.45, 7) is 4.64. The monoisotopic (exact) mass is 217 g/mol. The first-order valence-electron chi connectivity index (χ1n) is 5.65. The van der Waals surface area contributed by atoms with Crippen molar-refractivity contribution in [1.29, 1.82) is 0 Å². The van der Waals surface area contributed by atoms with Gasteiger partial charge in [0.25, 0.3) is 0 Å². The second-order valence-electron chi connectivity index (χ2n) is 4.46. The van der Waals surface area contributed by atoms with Gasteiger partial charge in [0.2, 0.25) is 0 Å². The van der Waals surface area contributed by atoms with Gasteiger partial charge in [0.05, 0.1) is 6.04 Å². The molecular formula is C12H15N3O. The maximum atomic E-state index is 11.7. The number of benzene rings is 1. The summed E-state index contributed by atoms with van der Waals surface area (Å²) in [5.41, 5.74) is 3.66. The molecule has 84 valence electrons. The minimum Gasteiger partial charge on any atom is -0.336 e. The van der Waals surface area contributed by atoms with Gasteiger partial charge in [-0.15, -0.1) is 0 Å². The van der Waals surface area contributed by atoms with E-state index in [1.807, 2.05) is 11.0 Å². The number of nitrogens with one attached hydrogen (secondary N) is 2. The number of amides is 2. The predicted octanol–water partition coefficient (Wildman–Crippen LogP) is 1.21. The first-order valence-corrected chi connectivity index (χ1v) is 5.65. The SMILES string of the molecule is CC1CNC(=O)N1c1ccc2c(c1)CNC2. The van der Waals surface area contributed by atoms with Gasteiger partial charge in [0.1, 0.15) is 0 Å². The smallest absolute Gasteiger partial charge is 0.322 e. The lowest BCUT2D eigenvalue weighted by atomic mass is 10.1. The third kappa shape index (κ3) is 1.38. The van der Waals surface area contributed by atoms with E-state index < -0.39 is 0 Å². The topological polar surface area (TPSA) is 44.4 Å². The molecule has 2 amide bonds. The lowest BCUT2D eigenvalue weighted by Crippen LogP contribution is -2.32. The molecule has 0 spiro atoms. The van der Waals surface area contributed by atoms with Crippen LogP contribution in [-0.2, 0) is 13.1 Å². The van der Waals surface area contributed by atoms with E-state index >= 15 is 0 Å². The van der Waals surface area contributed by atoms with Crippen LogP contribution in [-0.4, -0.2) is 18.6 Å². The fourth-order valence-corrected chi connectivity index (χ4v) is 2.41. The van der Waals surface area contributed by atoms with Crippen molar-refractivity contribution in [1.82, 2.24) is 10.6 Å². The van der Waals surface area contributed by atoms with Crippen molar-refractivity contribution in [3.63, 3.8) is 0 Å². The van der Waals surface area contributed by atoms with Gasteiger partial charge in [0, 0.05) is 25.3 Å². The first kappa shape index (κ1) is 9.66. The average Bonchev–Trinajstić information content (AvgIpc) is 2.85. The van der Waals surface area contributed by atoms with Gasteiger partial charge in [-0.25, -0.2) is 4.79 Å². The Labute approximate surface area is 94.6 Å². The van der Waals surface area contributed by atoms with Crippen LogP contribution in [0.25, 0.3) is 0 Å². The van der Waals surface area contributed by atoms with Gasteiger partial charge in [-0.3, -0.25) is 4.90 Å². The summed E-state index contributed by atoms with van der Waals surface area (Å²) in [6.07, 6.45) is 0. The fraction of sp³-hybridized carbons (Fsp3) is 0.417. The molecule has 2 N–H and O–H groups in total. The lowest BCUT2D eigenvalue weighted by molar-refractivity contribution is 0.252. The highest BCUT2D eigenvalue weighted by Crippen LogP contribution is 2.25. The lowest BCUT2D eigenvalue weighted by Gasteiger charge is -2.20. The van der Waals surface area contributed by atoms with E-state index in [2.05, 4.69) is 29.7 Å². The third-order valence-corrected chi connectivity index (χ3v) is 3.31. The summed E-state index contributed by atoms with van der Waals surface area (Å²) in [5.74, 6) is 0. The molecule has 1 atom stereocenters. The summed E-state index contributed by atoms with van der Waals surface area (Å²) in [7, 11) is 0. The Bertz CT molecular complexity index is 444. The third-order valence-electron chi connectivity index (χ3n) is 3.31. The number of hydrogen-bond acceptors (Lipinski definition) is 2. The Balaban J connectivity index is 1.97. The zero-order chi connectivity index (χ0) is 11.1. The van der Waals surface area contributed by atoms with Crippen molar-refractivity contribution in [3.8, 4) is 0 Å². The number of anilines is 1. The maximum Gasteiger partial charge on any atom is 0.322 e. The molecule has 0 bridgehead atoms. The number of rotatable bonds is 1. The Morgan fingerprint density at radius 3 is 2.88 bits per heavy atom. The molecule has 3 rings (SSSR count). The van der Waals surface area contributed by atoms with Crippen molar-refractivity contribution in [2.45, 2.75) is 26.1 Å². The summed E-state index contributed by atoms with van der Waals surface area (Å²) < 4.78 is 0. The number of nitrogens with zero attached hydrogens (tertiary/aromatic N) is 1. The highest BCUT2D eigenvalue weighted by Gasteiger charge is 2.28. The van der Waals surface area contributed by atoms with E-state index in [0.29, 0.717) is 0 Å². The van der Waals surface area contributed by atoms with Crippen LogP contribution in [0.5, 0.6) is 0 Å². The first-order chi connectivity index (χ1) is 7.75. The molecule has 16 heavy (non-hydrogen) atoms. The Hall–Kier alpha value is -1.55. The predicted molar refractivity (Wildman–Crippen MR) is 62.3 cm³/mol. The molecule has 0 radical (unpaired) electrons. The van der Waals surface area contributed by atoms with E-state index in [-0.39, 0.29) is 12.1 Å². The van der Waals surface area contributed by atoms with Gasteiger partial charge < -0.3 is 10.6 Å². The Kier molecular flexibility index (Phi) is 2.11. The van der Waals surface area contributed by atoms with Crippen LogP contribution in [0, 0.1) is 0 Å². The number of carbonyl (C=O) groups excluding carboxylic acids is 1. The van der Waals surface area contributed by atoms with E-state index in [9.17, 15) is 4.79 Å². The molecule has 1 aromatic rings. The maximum absolute atomic E-state index is 11.7. The quantitative estimate of drug-likeness (QED) is 0.742. The van der Waals surface area contributed by atoms with Gasteiger partial charge in [-0.2, -0.15) is 0 Å². The van der Waals surface area contributed by atoms with Gasteiger partial charge in [-0.05, 0) is 30.2 Å². The van der Waals surface area contributed by atoms with E-state index in [1.165, 1.54) is 11.1 Å². The van der Waals surface area contributed by atoms with Crippen LogP contribution < -0.4 is 15.5 Å². The van der Waals surface area contributed by atoms with E-state index in [1.54, 1.807) is 0 Å². The van der Waals surface area contributed by atoms with Crippen LogP contribution in [0.4, 0.5) is 10.5 Å². The largest absolute Gasteiger partial charge is 0.336 e. The van der Waals surface area contributed by atoms with Crippen molar-refractivity contribution >= 4 is 11.7 Å². The van der Waals surface area contributed by atoms with E-state index in [4.69, 9.17) is 0 Å². The average molecular weight is 217 g/mol. The molecule has 0 aliphatic carbocycles. The standard InChI is InChI=1S/C12H15N3O/c1-8-5-14-12(16)15(8)11-3-2-9-6-13-7-10(9)4-11/h2-4,8,13H,5-7H2,1H3,(H,14,16). The van der Waals surface area contributed by atoms with Crippen LogP contribution in [0.15, 0.2) is 18.2 Å². The van der Waals surface area contributed by atoms with Gasteiger partial charge in [0.15, 0.2) is 0 Å². The molecule has 2 aliphatic heterocycles. The van der Waals surface area contributed by atoms with Crippen LogP contribution >= 0.6 is 0 Å². The highest BCUT2D eigenvalue weighted by molar-refractivity contribution is 5.95. The summed E-state index contributed by atoms with van der Waals surface area (Å²) in [5, 5.41) is 6.17.